The summed E-state index contributed by atoms with van der Waals surface area (Å²) >= 11 is 5.91. The highest BCUT2D eigenvalue weighted by atomic mass is 35.5. The lowest BCUT2D eigenvalue weighted by Crippen LogP contribution is -2.49. The van der Waals surface area contributed by atoms with E-state index in [1.807, 2.05) is 6.92 Å². The average Bonchev–Trinajstić information content (AvgIpc) is 2.53. The zero-order valence-electron chi connectivity index (χ0n) is 13.9. The molecule has 5 rings (SSSR count). The minimum absolute atomic E-state index is 0.0837. The fourth-order valence-electron chi connectivity index (χ4n) is 5.56. The number of halogens is 1. The van der Waals surface area contributed by atoms with Gasteiger partial charge in [-0.1, -0.05) is 11.6 Å². The van der Waals surface area contributed by atoms with E-state index in [0.29, 0.717) is 5.02 Å². The van der Waals surface area contributed by atoms with Crippen LogP contribution in [0.15, 0.2) is 23.3 Å². The number of aromatic hydroxyl groups is 1. The maximum absolute atomic E-state index is 12.3. The zero-order chi connectivity index (χ0) is 16.9. The monoisotopic (exact) mass is 346 g/mol. The number of carbonyl (C=O) groups is 1. The lowest BCUT2D eigenvalue weighted by atomic mass is 9.48. The van der Waals surface area contributed by atoms with Crippen LogP contribution in [0.3, 0.4) is 0 Å². The standard InChI is InChI=1S/C19H23ClN2O2/c1-11(19-8-12-4-13(9-19)6-14(5-12)10-19)21-22-18(24)16-7-15(20)2-3-17(16)23/h2-3,7,12-14,23H,4-6,8-10H2,1H3,(H,22,24). The second-order valence-corrected chi connectivity index (χ2v) is 8.43. The molecule has 0 heterocycles. The van der Waals surface area contributed by atoms with Gasteiger partial charge >= 0.3 is 0 Å². The second kappa shape index (κ2) is 5.76. The van der Waals surface area contributed by atoms with Crippen molar-refractivity contribution in [1.82, 2.24) is 5.43 Å². The summed E-state index contributed by atoms with van der Waals surface area (Å²) in [7, 11) is 0. The molecule has 0 saturated heterocycles. The Bertz CT molecular complexity index is 678. The summed E-state index contributed by atoms with van der Waals surface area (Å²) in [6, 6.07) is 4.44. The maximum atomic E-state index is 12.3. The molecule has 0 radical (unpaired) electrons. The van der Waals surface area contributed by atoms with Gasteiger partial charge in [-0.15, -0.1) is 0 Å². The van der Waals surface area contributed by atoms with Crippen molar-refractivity contribution < 1.29 is 9.90 Å². The van der Waals surface area contributed by atoms with Gasteiger partial charge in [-0.3, -0.25) is 4.79 Å². The summed E-state index contributed by atoms with van der Waals surface area (Å²) in [5.74, 6) is 2.02. The first-order chi connectivity index (χ1) is 11.4. The summed E-state index contributed by atoms with van der Waals surface area (Å²) in [6.45, 7) is 2.05. The Morgan fingerprint density at radius 2 is 1.79 bits per heavy atom. The van der Waals surface area contributed by atoms with Gasteiger partial charge < -0.3 is 5.11 Å². The number of hydrogen-bond acceptors (Lipinski definition) is 3. The number of nitrogens with one attached hydrogen (secondary N) is 1. The molecular weight excluding hydrogens is 324 g/mol. The number of hydrogen-bond donors (Lipinski definition) is 2. The molecule has 0 spiro atoms. The lowest BCUT2D eigenvalue weighted by Gasteiger charge is -2.56. The van der Waals surface area contributed by atoms with Crippen molar-refractivity contribution in [2.45, 2.75) is 45.4 Å². The molecule has 0 aromatic heterocycles. The first kappa shape index (κ1) is 15.9. The maximum Gasteiger partial charge on any atom is 0.275 e. The van der Waals surface area contributed by atoms with Crippen LogP contribution in [-0.2, 0) is 0 Å². The summed E-state index contributed by atoms with van der Waals surface area (Å²) < 4.78 is 0. The number of rotatable bonds is 3. The summed E-state index contributed by atoms with van der Waals surface area (Å²) in [5.41, 5.74) is 4.00. The predicted octanol–water partition coefficient (Wildman–Crippen LogP) is 4.37. The Hall–Kier alpha value is -1.55. The molecule has 1 aromatic rings. The third-order valence-electron chi connectivity index (χ3n) is 6.33. The molecule has 0 aliphatic heterocycles. The van der Waals surface area contributed by atoms with E-state index < -0.39 is 5.91 Å². The minimum Gasteiger partial charge on any atom is -0.507 e. The molecule has 5 heteroatoms. The Kier molecular flexibility index (Phi) is 3.83. The van der Waals surface area contributed by atoms with E-state index in [1.165, 1.54) is 50.7 Å². The lowest BCUT2D eigenvalue weighted by molar-refractivity contribution is -0.0128. The molecule has 4 aliphatic rings. The van der Waals surface area contributed by atoms with Crippen LogP contribution < -0.4 is 5.43 Å². The van der Waals surface area contributed by atoms with Crippen LogP contribution in [0.2, 0.25) is 5.02 Å². The first-order valence-corrected chi connectivity index (χ1v) is 9.16. The van der Waals surface area contributed by atoms with E-state index in [1.54, 1.807) is 6.07 Å². The number of carbonyl (C=O) groups excluding carboxylic acids is 1. The molecular formula is C19H23ClN2O2. The van der Waals surface area contributed by atoms with Gasteiger partial charge in [-0.25, -0.2) is 5.43 Å². The summed E-state index contributed by atoms with van der Waals surface area (Å²) in [5, 5.41) is 14.7. The van der Waals surface area contributed by atoms with Crippen LogP contribution in [0.4, 0.5) is 0 Å². The topological polar surface area (TPSA) is 61.7 Å². The van der Waals surface area contributed by atoms with E-state index in [4.69, 9.17) is 11.6 Å². The molecule has 2 N–H and O–H groups in total. The van der Waals surface area contributed by atoms with E-state index in [2.05, 4.69) is 10.5 Å². The van der Waals surface area contributed by atoms with Gasteiger partial charge in [0.15, 0.2) is 0 Å². The largest absolute Gasteiger partial charge is 0.507 e. The molecule has 1 aromatic carbocycles. The highest BCUT2D eigenvalue weighted by molar-refractivity contribution is 6.31. The van der Waals surface area contributed by atoms with Crippen LogP contribution >= 0.6 is 11.6 Å². The van der Waals surface area contributed by atoms with E-state index in [0.717, 1.165) is 23.5 Å². The van der Waals surface area contributed by atoms with Crippen molar-refractivity contribution in [2.24, 2.45) is 28.3 Å². The van der Waals surface area contributed by atoms with Crippen LogP contribution in [-0.4, -0.2) is 16.7 Å². The second-order valence-electron chi connectivity index (χ2n) is 8.00. The molecule has 4 bridgehead atoms. The molecule has 0 atom stereocenters. The molecule has 4 fully saturated rings. The van der Waals surface area contributed by atoms with Crippen molar-refractivity contribution >= 4 is 23.2 Å². The van der Waals surface area contributed by atoms with Gasteiger partial charge in [0, 0.05) is 16.1 Å². The summed E-state index contributed by atoms with van der Waals surface area (Å²) in [6.07, 6.45) is 7.80. The molecule has 4 nitrogen and oxygen atoms in total. The zero-order valence-corrected chi connectivity index (χ0v) is 14.6. The van der Waals surface area contributed by atoms with Crippen molar-refractivity contribution in [1.29, 1.82) is 0 Å². The Balaban J connectivity index is 1.51. The fourth-order valence-corrected chi connectivity index (χ4v) is 5.73. The van der Waals surface area contributed by atoms with Gasteiger partial charge in [0.05, 0.1) is 5.56 Å². The highest BCUT2D eigenvalue weighted by Crippen LogP contribution is 2.60. The average molecular weight is 347 g/mol. The molecule has 128 valence electrons. The Labute approximate surface area is 147 Å². The highest BCUT2D eigenvalue weighted by Gasteiger charge is 2.52. The minimum atomic E-state index is -0.418. The van der Waals surface area contributed by atoms with Crippen LogP contribution in [0.25, 0.3) is 0 Å². The third-order valence-corrected chi connectivity index (χ3v) is 6.57. The SMILES string of the molecule is CC(=NNC(=O)c1cc(Cl)ccc1O)C12CC3CC(CC(C3)C1)C2. The molecule has 4 saturated carbocycles. The Morgan fingerprint density at radius 3 is 2.38 bits per heavy atom. The van der Waals surface area contributed by atoms with Gasteiger partial charge in [0.1, 0.15) is 5.75 Å². The van der Waals surface area contributed by atoms with Gasteiger partial charge in [0.2, 0.25) is 0 Å². The smallest absolute Gasteiger partial charge is 0.275 e. The number of hydrazone groups is 1. The van der Waals surface area contributed by atoms with Crippen molar-refractivity contribution in [3.63, 3.8) is 0 Å². The first-order valence-electron chi connectivity index (χ1n) is 8.79. The fraction of sp³-hybridized carbons (Fsp3) is 0.579. The van der Waals surface area contributed by atoms with Crippen LogP contribution in [0, 0.1) is 23.2 Å². The van der Waals surface area contributed by atoms with Gasteiger partial charge in [0.25, 0.3) is 5.91 Å². The predicted molar refractivity (Wildman–Crippen MR) is 94.3 cm³/mol. The number of phenols is 1. The van der Waals surface area contributed by atoms with Gasteiger partial charge in [-0.2, -0.15) is 5.10 Å². The normalized spacial score (nSPS) is 34.4. The van der Waals surface area contributed by atoms with E-state index in [9.17, 15) is 9.90 Å². The van der Waals surface area contributed by atoms with E-state index >= 15 is 0 Å². The summed E-state index contributed by atoms with van der Waals surface area (Å²) in [4.78, 5) is 12.3. The van der Waals surface area contributed by atoms with Gasteiger partial charge in [-0.05, 0) is 81.4 Å². The molecule has 24 heavy (non-hydrogen) atoms. The van der Waals surface area contributed by atoms with E-state index in [-0.39, 0.29) is 16.7 Å². The van der Waals surface area contributed by atoms with Crippen molar-refractivity contribution in [3.8, 4) is 5.75 Å². The van der Waals surface area contributed by atoms with Crippen LogP contribution in [0.5, 0.6) is 5.75 Å². The van der Waals surface area contributed by atoms with Crippen LogP contribution in [0.1, 0.15) is 55.8 Å². The number of amides is 1. The quantitative estimate of drug-likeness (QED) is 0.630. The molecule has 0 unspecified atom stereocenters. The number of phenolic OH excluding ortho intramolecular Hbond substituents is 1. The number of benzene rings is 1. The number of nitrogens with zero attached hydrogens (tertiary/aromatic N) is 1. The Morgan fingerprint density at radius 1 is 1.21 bits per heavy atom. The van der Waals surface area contributed by atoms with Crippen molar-refractivity contribution in [2.75, 3.05) is 0 Å². The molecule has 4 aliphatic carbocycles. The third kappa shape index (κ3) is 2.71. The van der Waals surface area contributed by atoms with Crippen molar-refractivity contribution in [3.05, 3.63) is 28.8 Å². The molecule has 1 amide bonds.